The van der Waals surface area contributed by atoms with Crippen molar-refractivity contribution in [3.63, 3.8) is 0 Å². The number of rotatable bonds is 2. The maximum Gasteiger partial charge on any atom is 0.156 e. The van der Waals surface area contributed by atoms with E-state index in [0.717, 1.165) is 18.9 Å². The number of aromatic nitrogens is 3. The summed E-state index contributed by atoms with van der Waals surface area (Å²) >= 11 is 0. The van der Waals surface area contributed by atoms with Crippen molar-refractivity contribution in [2.75, 3.05) is 13.1 Å². The van der Waals surface area contributed by atoms with Crippen LogP contribution in [0, 0.1) is 0 Å². The second-order valence-corrected chi connectivity index (χ2v) is 4.79. The molecule has 1 aromatic rings. The van der Waals surface area contributed by atoms with Gasteiger partial charge in [0.1, 0.15) is 5.82 Å². The molecule has 0 radical (unpaired) electrons. The molecule has 1 N–H and O–H groups in total. The smallest absolute Gasteiger partial charge is 0.156 e. The van der Waals surface area contributed by atoms with Crippen LogP contribution in [0.3, 0.4) is 0 Å². The average molecular weight is 206 g/mol. The highest BCUT2D eigenvalue weighted by Crippen LogP contribution is 2.33. The lowest BCUT2D eigenvalue weighted by Gasteiger charge is -2.23. The maximum absolute atomic E-state index is 4.73. The zero-order chi connectivity index (χ0) is 10.3. The Kier molecular flexibility index (Phi) is 2.24. The van der Waals surface area contributed by atoms with Crippen molar-refractivity contribution < 1.29 is 0 Å². The van der Waals surface area contributed by atoms with E-state index in [1.54, 1.807) is 0 Å². The summed E-state index contributed by atoms with van der Waals surface area (Å²) in [6, 6.07) is 0. The number of aryl methyl sites for hydroxylation is 1. The Labute approximate surface area is 90.1 Å². The van der Waals surface area contributed by atoms with Gasteiger partial charge in [-0.05, 0) is 12.8 Å². The third-order valence-corrected chi connectivity index (χ3v) is 3.68. The van der Waals surface area contributed by atoms with Gasteiger partial charge in [-0.1, -0.05) is 12.8 Å². The van der Waals surface area contributed by atoms with Crippen LogP contribution >= 0.6 is 0 Å². The molecule has 82 valence electrons. The van der Waals surface area contributed by atoms with Crippen LogP contribution in [-0.2, 0) is 7.05 Å². The van der Waals surface area contributed by atoms with E-state index < -0.39 is 0 Å². The van der Waals surface area contributed by atoms with E-state index in [4.69, 9.17) is 4.98 Å². The molecule has 15 heavy (non-hydrogen) atoms. The minimum atomic E-state index is 0.561. The monoisotopic (exact) mass is 206 g/mol. The van der Waals surface area contributed by atoms with Crippen LogP contribution in [0.15, 0.2) is 0 Å². The van der Waals surface area contributed by atoms with Crippen molar-refractivity contribution in [3.8, 4) is 0 Å². The summed E-state index contributed by atoms with van der Waals surface area (Å²) in [4.78, 5) is 4.73. The summed E-state index contributed by atoms with van der Waals surface area (Å²) in [7, 11) is 2.04. The third kappa shape index (κ3) is 1.57. The molecule has 1 aliphatic carbocycles. The first-order valence-corrected chi connectivity index (χ1v) is 5.96. The predicted octanol–water partition coefficient (Wildman–Crippen LogP) is 1.16. The Bertz CT molecular complexity index is 347. The van der Waals surface area contributed by atoms with E-state index in [9.17, 15) is 0 Å². The molecule has 1 saturated carbocycles. The van der Waals surface area contributed by atoms with Crippen LogP contribution in [0.4, 0.5) is 0 Å². The van der Waals surface area contributed by atoms with Crippen molar-refractivity contribution in [1.29, 1.82) is 0 Å². The topological polar surface area (TPSA) is 42.7 Å². The van der Waals surface area contributed by atoms with Crippen molar-refractivity contribution in [1.82, 2.24) is 20.1 Å². The molecule has 0 atom stereocenters. The summed E-state index contributed by atoms with van der Waals surface area (Å²) in [6.45, 7) is 2.10. The van der Waals surface area contributed by atoms with Gasteiger partial charge in [-0.15, -0.1) is 0 Å². The van der Waals surface area contributed by atoms with Gasteiger partial charge in [0.15, 0.2) is 5.82 Å². The molecule has 0 unspecified atom stereocenters. The van der Waals surface area contributed by atoms with Crippen molar-refractivity contribution in [2.24, 2.45) is 7.05 Å². The van der Waals surface area contributed by atoms with E-state index in [1.807, 2.05) is 11.7 Å². The molecule has 1 aliphatic heterocycles. The highest BCUT2D eigenvalue weighted by molar-refractivity contribution is 5.08. The van der Waals surface area contributed by atoms with E-state index >= 15 is 0 Å². The van der Waals surface area contributed by atoms with Gasteiger partial charge in [0.2, 0.25) is 0 Å². The number of nitrogens with zero attached hydrogens (tertiary/aromatic N) is 3. The molecular formula is C11H18N4. The van der Waals surface area contributed by atoms with Crippen LogP contribution in [0.1, 0.15) is 49.2 Å². The first-order valence-electron chi connectivity index (χ1n) is 5.96. The Morgan fingerprint density at radius 1 is 1.20 bits per heavy atom. The van der Waals surface area contributed by atoms with Crippen LogP contribution in [0.25, 0.3) is 0 Å². The molecule has 1 aromatic heterocycles. The van der Waals surface area contributed by atoms with Gasteiger partial charge in [0.05, 0.1) is 0 Å². The molecule has 0 amide bonds. The SMILES string of the molecule is Cn1nc(C2CNC2)nc1C1CCCC1. The predicted molar refractivity (Wildman–Crippen MR) is 57.8 cm³/mol. The van der Waals surface area contributed by atoms with Crippen LogP contribution in [0.2, 0.25) is 0 Å². The molecule has 0 aromatic carbocycles. The summed E-state index contributed by atoms with van der Waals surface area (Å²) in [6.07, 6.45) is 5.32. The molecule has 2 fully saturated rings. The molecule has 0 bridgehead atoms. The lowest BCUT2D eigenvalue weighted by atomic mass is 10.0. The zero-order valence-corrected chi connectivity index (χ0v) is 9.24. The molecule has 2 aliphatic rings. The first kappa shape index (κ1) is 9.33. The van der Waals surface area contributed by atoms with E-state index in [0.29, 0.717) is 11.8 Å². The highest BCUT2D eigenvalue weighted by Gasteiger charge is 2.27. The average Bonchev–Trinajstić information content (AvgIpc) is 2.70. The van der Waals surface area contributed by atoms with Gasteiger partial charge in [0.25, 0.3) is 0 Å². The maximum atomic E-state index is 4.73. The number of nitrogens with one attached hydrogen (secondary N) is 1. The Balaban J connectivity index is 1.84. The lowest BCUT2D eigenvalue weighted by Crippen LogP contribution is -2.40. The third-order valence-electron chi connectivity index (χ3n) is 3.68. The number of hydrogen-bond acceptors (Lipinski definition) is 3. The fraction of sp³-hybridized carbons (Fsp3) is 0.818. The fourth-order valence-electron chi connectivity index (χ4n) is 2.60. The molecular weight excluding hydrogens is 188 g/mol. The van der Waals surface area contributed by atoms with Gasteiger partial charge in [-0.3, -0.25) is 4.68 Å². The Morgan fingerprint density at radius 3 is 2.53 bits per heavy atom. The minimum absolute atomic E-state index is 0.561. The van der Waals surface area contributed by atoms with Crippen LogP contribution < -0.4 is 5.32 Å². The van der Waals surface area contributed by atoms with Gasteiger partial charge < -0.3 is 5.32 Å². The second-order valence-electron chi connectivity index (χ2n) is 4.79. The minimum Gasteiger partial charge on any atom is -0.315 e. The molecule has 4 heteroatoms. The van der Waals surface area contributed by atoms with Crippen molar-refractivity contribution in [3.05, 3.63) is 11.6 Å². The quantitative estimate of drug-likeness (QED) is 0.789. The summed E-state index contributed by atoms with van der Waals surface area (Å²) in [5, 5.41) is 7.81. The Morgan fingerprint density at radius 2 is 1.93 bits per heavy atom. The fourth-order valence-corrected chi connectivity index (χ4v) is 2.60. The van der Waals surface area contributed by atoms with Gasteiger partial charge >= 0.3 is 0 Å². The van der Waals surface area contributed by atoms with Crippen molar-refractivity contribution >= 4 is 0 Å². The standard InChI is InChI=1S/C11H18N4/c1-15-11(8-4-2-3-5-8)13-10(14-15)9-6-12-7-9/h8-9,12H,2-7H2,1H3. The van der Waals surface area contributed by atoms with Gasteiger partial charge in [0, 0.05) is 32.0 Å². The van der Waals surface area contributed by atoms with E-state index in [-0.39, 0.29) is 0 Å². The Hall–Kier alpha value is -0.900. The normalized spacial score (nSPS) is 23.3. The van der Waals surface area contributed by atoms with Crippen LogP contribution in [0.5, 0.6) is 0 Å². The second kappa shape index (κ2) is 3.59. The largest absolute Gasteiger partial charge is 0.315 e. The number of hydrogen-bond donors (Lipinski definition) is 1. The van der Waals surface area contributed by atoms with Crippen LogP contribution in [-0.4, -0.2) is 27.9 Å². The first-order chi connectivity index (χ1) is 7.34. The van der Waals surface area contributed by atoms with Gasteiger partial charge in [-0.2, -0.15) is 5.10 Å². The summed E-state index contributed by atoms with van der Waals surface area (Å²) in [5.41, 5.74) is 0. The van der Waals surface area contributed by atoms with E-state index in [1.165, 1.54) is 31.5 Å². The van der Waals surface area contributed by atoms with E-state index in [2.05, 4.69) is 10.4 Å². The molecule has 3 rings (SSSR count). The zero-order valence-electron chi connectivity index (χ0n) is 9.24. The molecule has 4 nitrogen and oxygen atoms in total. The lowest BCUT2D eigenvalue weighted by molar-refractivity contribution is 0.428. The summed E-state index contributed by atoms with van der Waals surface area (Å²) < 4.78 is 2.00. The van der Waals surface area contributed by atoms with Crippen molar-refractivity contribution in [2.45, 2.75) is 37.5 Å². The molecule has 0 spiro atoms. The molecule has 1 saturated heterocycles. The molecule has 2 heterocycles. The highest BCUT2D eigenvalue weighted by atomic mass is 15.3. The van der Waals surface area contributed by atoms with Gasteiger partial charge in [-0.25, -0.2) is 4.98 Å². The summed E-state index contributed by atoms with van der Waals surface area (Å²) in [5.74, 6) is 3.50.